The molecule has 1 aromatic rings. The van der Waals surface area contributed by atoms with Gasteiger partial charge in [-0.1, -0.05) is 24.3 Å². The van der Waals surface area contributed by atoms with Crippen LogP contribution in [0.15, 0.2) is 24.3 Å². The zero-order chi connectivity index (χ0) is 14.7. The monoisotopic (exact) mass is 288 g/mol. The maximum Gasteiger partial charge on any atom is 0.134 e. The number of hydrogen-bond donors (Lipinski definition) is 0. The van der Waals surface area contributed by atoms with Crippen molar-refractivity contribution < 1.29 is 4.58 Å². The predicted octanol–water partition coefficient (Wildman–Crippen LogP) is 3.78. The molecule has 0 radical (unpaired) electrons. The average molecular weight is 288 g/mol. The third kappa shape index (κ3) is 3.50. The molecule has 108 valence electrons. The molecule has 0 unspecified atom stereocenters. The Kier molecular flexibility index (Phi) is 5.01. The van der Waals surface area contributed by atoms with Crippen molar-refractivity contribution >= 4 is 26.4 Å². The van der Waals surface area contributed by atoms with Crippen LogP contribution in [0.25, 0.3) is 6.08 Å². The lowest BCUT2D eigenvalue weighted by Crippen LogP contribution is -2.19. The molecule has 1 aromatic carbocycles. The van der Waals surface area contributed by atoms with Crippen molar-refractivity contribution in [2.75, 3.05) is 33.6 Å². The van der Waals surface area contributed by atoms with Gasteiger partial charge in [-0.05, 0) is 44.7 Å². The SMILES string of the molecule is C=[N+]1c2c(cccc2CN(C)C)C=C[C-]1CCP(C)C. The fraction of sp³-hybridized carbons (Fsp3) is 0.412. The highest BCUT2D eigenvalue weighted by Gasteiger charge is 2.21. The first kappa shape index (κ1) is 15.3. The zero-order valence-corrected chi connectivity index (χ0v) is 14.0. The molecule has 2 rings (SSSR count). The molecule has 0 N–H and O–H groups in total. The van der Waals surface area contributed by atoms with Crippen molar-refractivity contribution in [2.24, 2.45) is 0 Å². The lowest BCUT2D eigenvalue weighted by molar-refractivity contribution is -0.410. The van der Waals surface area contributed by atoms with E-state index in [1.807, 2.05) is 0 Å². The highest BCUT2D eigenvalue weighted by molar-refractivity contribution is 7.55. The van der Waals surface area contributed by atoms with E-state index >= 15 is 0 Å². The van der Waals surface area contributed by atoms with Crippen LogP contribution in [0.5, 0.6) is 0 Å². The van der Waals surface area contributed by atoms with Gasteiger partial charge in [-0.3, -0.25) is 4.58 Å². The van der Waals surface area contributed by atoms with Crippen LogP contribution in [-0.4, -0.2) is 49.8 Å². The van der Waals surface area contributed by atoms with Crippen LogP contribution < -0.4 is 0 Å². The number of nitrogens with zero attached hydrogens (tertiary/aromatic N) is 2. The van der Waals surface area contributed by atoms with Crippen molar-refractivity contribution in [1.29, 1.82) is 0 Å². The second kappa shape index (κ2) is 6.56. The molecule has 0 saturated carbocycles. The van der Waals surface area contributed by atoms with Crippen molar-refractivity contribution in [3.8, 4) is 0 Å². The third-order valence-electron chi connectivity index (χ3n) is 3.52. The van der Waals surface area contributed by atoms with Gasteiger partial charge >= 0.3 is 0 Å². The van der Waals surface area contributed by atoms with E-state index in [0.717, 1.165) is 13.0 Å². The molecule has 1 heterocycles. The lowest BCUT2D eigenvalue weighted by atomic mass is 9.99. The molecule has 0 spiro atoms. The molecule has 1 aliphatic rings. The van der Waals surface area contributed by atoms with Gasteiger partial charge in [0.25, 0.3) is 0 Å². The Hall–Kier alpha value is -1.11. The number of rotatable bonds is 5. The van der Waals surface area contributed by atoms with Crippen LogP contribution in [0, 0.1) is 6.04 Å². The van der Waals surface area contributed by atoms with E-state index in [1.54, 1.807) is 0 Å². The normalized spacial score (nSPS) is 14.3. The number of benzene rings is 1. The quantitative estimate of drug-likeness (QED) is 0.454. The maximum absolute atomic E-state index is 4.30. The molecule has 1 aliphatic heterocycles. The van der Waals surface area contributed by atoms with Crippen LogP contribution in [0.4, 0.5) is 5.69 Å². The largest absolute Gasteiger partial charge is 0.306 e. The van der Waals surface area contributed by atoms with Crippen LogP contribution in [0.2, 0.25) is 0 Å². The van der Waals surface area contributed by atoms with Gasteiger partial charge in [0, 0.05) is 13.0 Å². The third-order valence-corrected chi connectivity index (χ3v) is 4.64. The van der Waals surface area contributed by atoms with E-state index in [9.17, 15) is 0 Å². The predicted molar refractivity (Wildman–Crippen MR) is 91.4 cm³/mol. The van der Waals surface area contributed by atoms with Crippen LogP contribution in [0.3, 0.4) is 0 Å². The summed E-state index contributed by atoms with van der Waals surface area (Å²) in [5.74, 6) is 0. The Labute approximate surface area is 124 Å². The van der Waals surface area contributed by atoms with Crippen molar-refractivity contribution in [1.82, 2.24) is 4.90 Å². The van der Waals surface area contributed by atoms with Gasteiger partial charge in [-0.15, -0.1) is 14.0 Å². The fourth-order valence-electron chi connectivity index (χ4n) is 2.52. The van der Waals surface area contributed by atoms with Gasteiger partial charge in [-0.25, -0.2) is 0 Å². The molecule has 0 atom stereocenters. The Bertz CT molecular complexity index is 518. The van der Waals surface area contributed by atoms with E-state index in [4.69, 9.17) is 0 Å². The lowest BCUT2D eigenvalue weighted by Gasteiger charge is -2.27. The standard InChI is InChI=1S/C17H25N2P/c1-18(2)13-15-8-6-7-14-9-10-16(11-12-20(4)5)19(3)17(14)15/h6-10H,3,11-13H2,1-2,4-5H3. The van der Waals surface area contributed by atoms with E-state index in [2.05, 4.69) is 74.0 Å². The topological polar surface area (TPSA) is 6.25 Å². The molecule has 2 nitrogen and oxygen atoms in total. The summed E-state index contributed by atoms with van der Waals surface area (Å²) in [6.07, 6.45) is 6.85. The summed E-state index contributed by atoms with van der Waals surface area (Å²) in [5, 5.41) is 0. The molecule has 0 aromatic heterocycles. The number of hydrogen-bond acceptors (Lipinski definition) is 1. The molecule has 0 fully saturated rings. The Morgan fingerprint density at radius 2 is 2.05 bits per heavy atom. The van der Waals surface area contributed by atoms with Gasteiger partial charge in [0.2, 0.25) is 0 Å². The van der Waals surface area contributed by atoms with E-state index in [1.165, 1.54) is 29.0 Å². The summed E-state index contributed by atoms with van der Waals surface area (Å²) in [6.45, 7) is 9.92. The minimum atomic E-state index is 0.149. The zero-order valence-electron chi connectivity index (χ0n) is 13.1. The summed E-state index contributed by atoms with van der Waals surface area (Å²) < 4.78 is 2.15. The minimum absolute atomic E-state index is 0.149. The Balaban J connectivity index is 2.27. The highest BCUT2D eigenvalue weighted by Crippen LogP contribution is 2.37. The number of para-hydroxylation sites is 1. The van der Waals surface area contributed by atoms with Crippen LogP contribution >= 0.6 is 7.92 Å². The number of fused-ring (bicyclic) bond motifs is 1. The molecule has 3 heteroatoms. The van der Waals surface area contributed by atoms with E-state index in [0.29, 0.717) is 0 Å². The molecular formula is C17H25N2P. The Morgan fingerprint density at radius 1 is 1.30 bits per heavy atom. The van der Waals surface area contributed by atoms with Gasteiger partial charge in [0.1, 0.15) is 11.7 Å². The highest BCUT2D eigenvalue weighted by atomic mass is 31.1. The van der Waals surface area contributed by atoms with Gasteiger partial charge in [0.15, 0.2) is 0 Å². The Morgan fingerprint density at radius 3 is 2.70 bits per heavy atom. The average Bonchev–Trinajstić information content (AvgIpc) is 2.37. The second-order valence-corrected chi connectivity index (χ2v) is 8.51. The van der Waals surface area contributed by atoms with E-state index in [-0.39, 0.29) is 7.92 Å². The van der Waals surface area contributed by atoms with Crippen molar-refractivity contribution in [2.45, 2.75) is 13.0 Å². The summed E-state index contributed by atoms with van der Waals surface area (Å²) in [5.41, 5.74) is 3.90. The summed E-state index contributed by atoms with van der Waals surface area (Å²) in [7, 11) is 4.37. The molecule has 0 saturated heterocycles. The summed E-state index contributed by atoms with van der Waals surface area (Å²) in [6, 6.07) is 7.85. The molecular weight excluding hydrogens is 263 g/mol. The maximum atomic E-state index is 4.30. The minimum Gasteiger partial charge on any atom is -0.306 e. The molecule has 0 bridgehead atoms. The first-order valence-corrected chi connectivity index (χ1v) is 9.47. The molecule has 0 aliphatic carbocycles. The van der Waals surface area contributed by atoms with Crippen LogP contribution in [-0.2, 0) is 6.54 Å². The summed E-state index contributed by atoms with van der Waals surface area (Å²) in [4.78, 5) is 2.21. The molecule has 20 heavy (non-hydrogen) atoms. The van der Waals surface area contributed by atoms with Crippen molar-refractivity contribution in [3.63, 3.8) is 0 Å². The van der Waals surface area contributed by atoms with Gasteiger partial charge < -0.3 is 4.90 Å². The van der Waals surface area contributed by atoms with Gasteiger partial charge in [-0.2, -0.15) is 0 Å². The van der Waals surface area contributed by atoms with Crippen LogP contribution in [0.1, 0.15) is 17.5 Å². The second-order valence-electron chi connectivity index (χ2n) is 5.90. The smallest absolute Gasteiger partial charge is 0.134 e. The van der Waals surface area contributed by atoms with E-state index < -0.39 is 0 Å². The first-order valence-electron chi connectivity index (χ1n) is 7.05. The summed E-state index contributed by atoms with van der Waals surface area (Å²) >= 11 is 0. The fourth-order valence-corrected chi connectivity index (χ4v) is 3.20. The van der Waals surface area contributed by atoms with Gasteiger partial charge in [0.05, 0.1) is 6.72 Å². The van der Waals surface area contributed by atoms with Crippen molar-refractivity contribution in [3.05, 3.63) is 41.4 Å². The first-order chi connectivity index (χ1) is 9.49. The molecule has 0 amide bonds.